The SMILES string of the molecule is C/C(=N\c1c(C)ncnc1N1CCc2ccccc21)C(=O)NCCC(C)C. The minimum Gasteiger partial charge on any atom is -0.351 e. The first-order chi connectivity index (χ1) is 13.0. The minimum absolute atomic E-state index is 0.147. The Morgan fingerprint density at radius 1 is 1.30 bits per heavy atom. The number of amides is 1. The summed E-state index contributed by atoms with van der Waals surface area (Å²) in [7, 11) is 0. The van der Waals surface area contributed by atoms with Crippen LogP contribution in [-0.2, 0) is 11.2 Å². The summed E-state index contributed by atoms with van der Waals surface area (Å²) in [4.78, 5) is 27.9. The van der Waals surface area contributed by atoms with Gasteiger partial charge in [0.05, 0.1) is 5.69 Å². The zero-order valence-electron chi connectivity index (χ0n) is 16.5. The van der Waals surface area contributed by atoms with Gasteiger partial charge in [-0.25, -0.2) is 15.0 Å². The summed E-state index contributed by atoms with van der Waals surface area (Å²) in [5.41, 5.74) is 4.28. The molecular formula is C21H27N5O. The Balaban J connectivity index is 1.87. The fourth-order valence-electron chi connectivity index (χ4n) is 3.16. The number of nitrogens with zero attached hydrogens (tertiary/aromatic N) is 4. The molecule has 6 heteroatoms. The summed E-state index contributed by atoms with van der Waals surface area (Å²) in [5.74, 6) is 1.16. The van der Waals surface area contributed by atoms with E-state index in [1.54, 1.807) is 13.3 Å². The molecule has 6 nitrogen and oxygen atoms in total. The second-order valence-electron chi connectivity index (χ2n) is 7.30. The number of para-hydroxylation sites is 1. The minimum atomic E-state index is -0.147. The second-order valence-corrected chi connectivity index (χ2v) is 7.30. The predicted octanol–water partition coefficient (Wildman–Crippen LogP) is 3.73. The highest BCUT2D eigenvalue weighted by Crippen LogP contribution is 2.38. The molecule has 0 saturated carbocycles. The molecule has 2 aromatic rings. The molecule has 1 aliphatic heterocycles. The van der Waals surface area contributed by atoms with Gasteiger partial charge >= 0.3 is 0 Å². The van der Waals surface area contributed by atoms with Crippen molar-refractivity contribution in [2.24, 2.45) is 10.9 Å². The number of carbonyl (C=O) groups excluding carboxylic acids is 1. The van der Waals surface area contributed by atoms with Gasteiger partial charge in [0.1, 0.15) is 17.7 Å². The van der Waals surface area contributed by atoms with Gasteiger partial charge in [-0.3, -0.25) is 4.79 Å². The van der Waals surface area contributed by atoms with Gasteiger partial charge in [-0.05, 0) is 44.2 Å². The Hall–Kier alpha value is -2.76. The fraction of sp³-hybridized carbons (Fsp3) is 0.429. The van der Waals surface area contributed by atoms with Crippen LogP contribution in [0.2, 0.25) is 0 Å². The lowest BCUT2D eigenvalue weighted by molar-refractivity contribution is -0.114. The summed E-state index contributed by atoms with van der Waals surface area (Å²) in [6, 6.07) is 8.32. The summed E-state index contributed by atoms with van der Waals surface area (Å²) >= 11 is 0. The molecule has 0 spiro atoms. The number of benzene rings is 1. The second kappa shape index (κ2) is 8.29. The van der Waals surface area contributed by atoms with Crippen molar-refractivity contribution in [1.29, 1.82) is 0 Å². The predicted molar refractivity (Wildman–Crippen MR) is 109 cm³/mol. The number of aromatic nitrogens is 2. The van der Waals surface area contributed by atoms with Crippen LogP contribution in [0.5, 0.6) is 0 Å². The molecule has 0 bridgehead atoms. The Bertz CT molecular complexity index is 859. The number of nitrogens with one attached hydrogen (secondary N) is 1. The van der Waals surface area contributed by atoms with Crippen LogP contribution >= 0.6 is 0 Å². The fourth-order valence-corrected chi connectivity index (χ4v) is 3.16. The Morgan fingerprint density at radius 2 is 2.07 bits per heavy atom. The van der Waals surface area contributed by atoms with Crippen LogP contribution < -0.4 is 10.2 Å². The number of fused-ring (bicyclic) bond motifs is 1. The van der Waals surface area contributed by atoms with Crippen LogP contribution in [0, 0.1) is 12.8 Å². The number of carbonyl (C=O) groups is 1. The Labute approximate surface area is 160 Å². The van der Waals surface area contributed by atoms with Crippen LogP contribution in [0.4, 0.5) is 17.2 Å². The normalized spacial score (nSPS) is 13.8. The van der Waals surface area contributed by atoms with E-state index in [2.05, 4.69) is 57.2 Å². The van der Waals surface area contributed by atoms with Crippen LogP contribution in [0.1, 0.15) is 38.4 Å². The smallest absolute Gasteiger partial charge is 0.265 e. The first-order valence-corrected chi connectivity index (χ1v) is 9.48. The molecule has 142 valence electrons. The molecule has 0 fully saturated rings. The number of aryl methyl sites for hydroxylation is 1. The van der Waals surface area contributed by atoms with Crippen LogP contribution in [0.3, 0.4) is 0 Å². The zero-order chi connectivity index (χ0) is 19.4. The quantitative estimate of drug-likeness (QED) is 0.792. The van der Waals surface area contributed by atoms with Crippen molar-refractivity contribution >= 4 is 28.8 Å². The number of anilines is 2. The summed E-state index contributed by atoms with van der Waals surface area (Å²) in [6.07, 6.45) is 3.47. The molecule has 1 aromatic heterocycles. The van der Waals surface area contributed by atoms with Crippen LogP contribution in [0.25, 0.3) is 0 Å². The Kier molecular flexibility index (Phi) is 5.84. The largest absolute Gasteiger partial charge is 0.351 e. The van der Waals surface area contributed by atoms with E-state index in [9.17, 15) is 4.79 Å². The average molecular weight is 365 g/mol. The third kappa shape index (κ3) is 4.32. The van der Waals surface area contributed by atoms with Crippen molar-refractivity contribution < 1.29 is 4.79 Å². The molecule has 0 unspecified atom stereocenters. The first-order valence-electron chi connectivity index (χ1n) is 9.48. The number of hydrogen-bond acceptors (Lipinski definition) is 5. The molecule has 1 aliphatic rings. The van der Waals surface area contributed by atoms with Gasteiger partial charge in [0.25, 0.3) is 5.91 Å². The van der Waals surface area contributed by atoms with Gasteiger partial charge in [0, 0.05) is 18.8 Å². The van der Waals surface area contributed by atoms with Gasteiger partial charge in [-0.1, -0.05) is 32.0 Å². The highest BCUT2D eigenvalue weighted by atomic mass is 16.1. The van der Waals surface area contributed by atoms with E-state index in [0.29, 0.717) is 23.9 Å². The molecule has 0 atom stereocenters. The van der Waals surface area contributed by atoms with Crippen molar-refractivity contribution in [1.82, 2.24) is 15.3 Å². The highest BCUT2D eigenvalue weighted by molar-refractivity contribution is 6.38. The number of rotatable bonds is 6. The van der Waals surface area contributed by atoms with Crippen LogP contribution in [0.15, 0.2) is 35.6 Å². The van der Waals surface area contributed by atoms with Gasteiger partial charge in [-0.2, -0.15) is 0 Å². The van der Waals surface area contributed by atoms with Crippen molar-refractivity contribution in [3.8, 4) is 0 Å². The lowest BCUT2D eigenvalue weighted by atomic mass is 10.1. The number of aliphatic imine (C=N–C) groups is 1. The zero-order valence-corrected chi connectivity index (χ0v) is 16.5. The molecule has 27 heavy (non-hydrogen) atoms. The molecule has 0 saturated heterocycles. The van der Waals surface area contributed by atoms with E-state index in [1.165, 1.54) is 5.56 Å². The maximum atomic E-state index is 12.4. The lowest BCUT2D eigenvalue weighted by Gasteiger charge is -2.20. The molecule has 0 radical (unpaired) electrons. The van der Waals surface area contributed by atoms with Gasteiger partial charge in [0.15, 0.2) is 5.82 Å². The van der Waals surface area contributed by atoms with E-state index >= 15 is 0 Å². The third-order valence-electron chi connectivity index (χ3n) is 4.74. The standard InChI is InChI=1S/C21H27N5O/c1-14(2)9-11-22-21(27)16(4)25-19-15(3)23-13-24-20(19)26-12-10-17-7-5-6-8-18(17)26/h5-8,13-14H,9-12H2,1-4H3,(H,22,27)/b25-16+. The summed E-state index contributed by atoms with van der Waals surface area (Å²) < 4.78 is 0. The van der Waals surface area contributed by atoms with Gasteiger partial charge in [-0.15, -0.1) is 0 Å². The molecule has 1 aromatic carbocycles. The topological polar surface area (TPSA) is 70.5 Å². The summed E-state index contributed by atoms with van der Waals surface area (Å²) in [6.45, 7) is 9.41. The molecular weight excluding hydrogens is 338 g/mol. The van der Waals surface area contributed by atoms with E-state index in [1.807, 2.05) is 13.0 Å². The molecule has 3 rings (SSSR count). The maximum absolute atomic E-state index is 12.4. The van der Waals surface area contributed by atoms with Gasteiger partial charge in [0.2, 0.25) is 0 Å². The van der Waals surface area contributed by atoms with Gasteiger partial charge < -0.3 is 10.2 Å². The lowest BCUT2D eigenvalue weighted by Crippen LogP contribution is -2.30. The third-order valence-corrected chi connectivity index (χ3v) is 4.74. The van der Waals surface area contributed by atoms with E-state index in [0.717, 1.165) is 36.6 Å². The molecule has 1 N–H and O–H groups in total. The monoisotopic (exact) mass is 365 g/mol. The first kappa shape index (κ1) is 19.0. The average Bonchev–Trinajstić information content (AvgIpc) is 3.07. The Morgan fingerprint density at radius 3 is 2.85 bits per heavy atom. The van der Waals surface area contributed by atoms with Crippen molar-refractivity contribution in [3.05, 3.63) is 41.9 Å². The molecule has 2 heterocycles. The van der Waals surface area contributed by atoms with Crippen molar-refractivity contribution in [2.45, 2.75) is 40.5 Å². The summed E-state index contributed by atoms with van der Waals surface area (Å²) in [5, 5.41) is 2.93. The number of hydrogen-bond donors (Lipinski definition) is 1. The van der Waals surface area contributed by atoms with Crippen molar-refractivity contribution in [3.63, 3.8) is 0 Å². The van der Waals surface area contributed by atoms with Crippen LogP contribution in [-0.4, -0.2) is 34.7 Å². The van der Waals surface area contributed by atoms with E-state index < -0.39 is 0 Å². The molecule has 0 aliphatic carbocycles. The highest BCUT2D eigenvalue weighted by Gasteiger charge is 2.24. The van der Waals surface area contributed by atoms with Crippen molar-refractivity contribution in [2.75, 3.05) is 18.0 Å². The molecule has 1 amide bonds. The van der Waals surface area contributed by atoms with E-state index in [4.69, 9.17) is 0 Å². The maximum Gasteiger partial charge on any atom is 0.265 e. The van der Waals surface area contributed by atoms with E-state index in [-0.39, 0.29) is 5.91 Å².